The third-order valence-corrected chi connectivity index (χ3v) is 4.79. The first-order chi connectivity index (χ1) is 12.7. The van der Waals surface area contributed by atoms with Crippen LogP contribution < -0.4 is 10.1 Å². The maximum Gasteiger partial charge on any atom is 0.120 e. The third-order valence-electron chi connectivity index (χ3n) is 4.05. The van der Waals surface area contributed by atoms with E-state index in [2.05, 4.69) is 41.7 Å². The second-order valence-electron chi connectivity index (χ2n) is 6.10. The van der Waals surface area contributed by atoms with Crippen molar-refractivity contribution in [3.63, 3.8) is 0 Å². The number of hydrogen-bond donors (Lipinski definition) is 1. The minimum Gasteiger partial charge on any atom is -0.489 e. The molecule has 3 aromatic carbocycles. The minimum absolute atomic E-state index is 0.460. The van der Waals surface area contributed by atoms with Crippen LogP contribution in [0, 0.1) is 0 Å². The summed E-state index contributed by atoms with van der Waals surface area (Å²) in [6.07, 6.45) is 1.02. The van der Waals surface area contributed by atoms with Gasteiger partial charge in [-0.25, -0.2) is 0 Å². The highest BCUT2D eigenvalue weighted by Crippen LogP contribution is 2.23. The van der Waals surface area contributed by atoms with E-state index in [1.165, 1.54) is 11.1 Å². The molecule has 1 N–H and O–H groups in total. The summed E-state index contributed by atoms with van der Waals surface area (Å²) in [4.78, 5) is 0. The van der Waals surface area contributed by atoms with E-state index in [0.29, 0.717) is 16.7 Å². The highest BCUT2D eigenvalue weighted by molar-refractivity contribution is 6.42. The van der Waals surface area contributed by atoms with E-state index in [0.717, 1.165) is 30.8 Å². The molecule has 0 saturated carbocycles. The molecule has 0 bridgehead atoms. The van der Waals surface area contributed by atoms with Gasteiger partial charge in [0.1, 0.15) is 12.4 Å². The van der Waals surface area contributed by atoms with E-state index in [1.807, 2.05) is 30.3 Å². The largest absolute Gasteiger partial charge is 0.489 e. The summed E-state index contributed by atoms with van der Waals surface area (Å²) in [6.45, 7) is 2.22. The second-order valence-corrected chi connectivity index (χ2v) is 6.91. The van der Waals surface area contributed by atoms with Crippen molar-refractivity contribution in [3.8, 4) is 5.75 Å². The van der Waals surface area contributed by atoms with E-state index in [-0.39, 0.29) is 0 Å². The number of halogens is 2. The summed E-state index contributed by atoms with van der Waals surface area (Å²) in [5.74, 6) is 0.846. The van der Waals surface area contributed by atoms with E-state index in [4.69, 9.17) is 27.9 Å². The van der Waals surface area contributed by atoms with E-state index < -0.39 is 0 Å². The molecule has 3 rings (SSSR count). The fourth-order valence-electron chi connectivity index (χ4n) is 2.65. The Labute approximate surface area is 164 Å². The molecular formula is C22H21Cl2NO. The fourth-order valence-corrected chi connectivity index (χ4v) is 2.97. The lowest BCUT2D eigenvalue weighted by Crippen LogP contribution is -2.16. The van der Waals surface area contributed by atoms with Crippen LogP contribution in [0.2, 0.25) is 10.0 Å². The Balaban J connectivity index is 1.47. The van der Waals surface area contributed by atoms with Crippen molar-refractivity contribution in [2.45, 2.75) is 19.6 Å². The molecule has 2 nitrogen and oxygen atoms in total. The van der Waals surface area contributed by atoms with Crippen LogP contribution >= 0.6 is 23.2 Å². The lowest BCUT2D eigenvalue weighted by molar-refractivity contribution is 0.306. The van der Waals surface area contributed by atoms with Crippen molar-refractivity contribution in [2.75, 3.05) is 6.54 Å². The summed E-state index contributed by atoms with van der Waals surface area (Å²) >= 11 is 12.0. The fraction of sp³-hybridized carbons (Fsp3) is 0.182. The van der Waals surface area contributed by atoms with Gasteiger partial charge in [-0.2, -0.15) is 0 Å². The smallest absolute Gasteiger partial charge is 0.120 e. The number of rotatable bonds is 8. The number of hydrogen-bond acceptors (Lipinski definition) is 2. The quantitative estimate of drug-likeness (QED) is 0.487. The molecule has 0 spiro atoms. The highest BCUT2D eigenvalue weighted by atomic mass is 35.5. The first kappa shape index (κ1) is 18.8. The van der Waals surface area contributed by atoms with Crippen molar-refractivity contribution in [2.24, 2.45) is 0 Å². The van der Waals surface area contributed by atoms with Crippen LogP contribution in [0.25, 0.3) is 0 Å². The number of ether oxygens (including phenoxy) is 1. The van der Waals surface area contributed by atoms with Crippen molar-refractivity contribution < 1.29 is 4.74 Å². The predicted molar refractivity (Wildman–Crippen MR) is 109 cm³/mol. The van der Waals surface area contributed by atoms with Gasteiger partial charge in [0.05, 0.1) is 10.0 Å². The second kappa shape index (κ2) is 9.63. The van der Waals surface area contributed by atoms with Crippen molar-refractivity contribution >= 4 is 23.2 Å². The van der Waals surface area contributed by atoms with Crippen LogP contribution in [0.4, 0.5) is 0 Å². The van der Waals surface area contributed by atoms with Crippen molar-refractivity contribution in [3.05, 3.63) is 99.5 Å². The minimum atomic E-state index is 0.460. The topological polar surface area (TPSA) is 21.3 Å². The molecule has 0 unspecified atom stereocenters. The van der Waals surface area contributed by atoms with Gasteiger partial charge in [-0.05, 0) is 53.9 Å². The average molecular weight is 386 g/mol. The molecule has 0 heterocycles. The van der Waals surface area contributed by atoms with Gasteiger partial charge in [-0.1, -0.05) is 71.7 Å². The molecule has 4 heteroatoms. The normalized spacial score (nSPS) is 10.7. The van der Waals surface area contributed by atoms with Crippen LogP contribution in [0.15, 0.2) is 72.8 Å². The van der Waals surface area contributed by atoms with Crippen molar-refractivity contribution in [1.82, 2.24) is 5.32 Å². The van der Waals surface area contributed by atoms with Gasteiger partial charge in [0.15, 0.2) is 0 Å². The Morgan fingerprint density at radius 1 is 0.731 bits per heavy atom. The van der Waals surface area contributed by atoms with Gasteiger partial charge in [0.25, 0.3) is 0 Å². The zero-order valence-electron chi connectivity index (χ0n) is 14.4. The predicted octanol–water partition coefficient (Wildman–Crippen LogP) is 5.90. The molecule has 0 amide bonds. The summed E-state index contributed by atoms with van der Waals surface area (Å²) in [5.41, 5.74) is 3.54. The standard InChI is InChI=1S/C22H21Cl2NO/c23-21-10-9-19(14-22(21)24)16-26-20-8-4-7-18(13-20)15-25-12-11-17-5-2-1-3-6-17/h1-10,13-14,25H,11-12,15-16H2. The number of benzene rings is 3. The zero-order chi connectivity index (χ0) is 18.2. The van der Waals surface area contributed by atoms with E-state index in [9.17, 15) is 0 Å². The SMILES string of the molecule is Clc1ccc(COc2cccc(CNCCc3ccccc3)c2)cc1Cl. The van der Waals surface area contributed by atoms with Crippen LogP contribution in [-0.2, 0) is 19.6 Å². The molecule has 0 saturated heterocycles. The van der Waals surface area contributed by atoms with E-state index >= 15 is 0 Å². The summed E-state index contributed by atoms with van der Waals surface area (Å²) in [7, 11) is 0. The molecule has 0 atom stereocenters. The van der Waals surface area contributed by atoms with Gasteiger partial charge >= 0.3 is 0 Å². The summed E-state index contributed by atoms with van der Waals surface area (Å²) in [5, 5.41) is 4.58. The van der Waals surface area contributed by atoms with Gasteiger partial charge in [0.2, 0.25) is 0 Å². The molecule has 3 aromatic rings. The highest BCUT2D eigenvalue weighted by Gasteiger charge is 2.02. The Bertz CT molecular complexity index is 837. The molecule has 0 aliphatic rings. The van der Waals surface area contributed by atoms with Crippen LogP contribution in [0.5, 0.6) is 5.75 Å². The lowest BCUT2D eigenvalue weighted by Gasteiger charge is -2.10. The van der Waals surface area contributed by atoms with Gasteiger partial charge in [-0.3, -0.25) is 0 Å². The van der Waals surface area contributed by atoms with Gasteiger partial charge in [-0.15, -0.1) is 0 Å². The van der Waals surface area contributed by atoms with Crippen LogP contribution in [-0.4, -0.2) is 6.54 Å². The Hall–Kier alpha value is -2.00. The van der Waals surface area contributed by atoms with Gasteiger partial charge in [0, 0.05) is 6.54 Å². The average Bonchev–Trinajstić information content (AvgIpc) is 2.67. The molecule has 0 radical (unpaired) electrons. The van der Waals surface area contributed by atoms with Crippen LogP contribution in [0.3, 0.4) is 0 Å². The molecule has 0 aliphatic carbocycles. The molecular weight excluding hydrogens is 365 g/mol. The third kappa shape index (κ3) is 5.77. The monoisotopic (exact) mass is 385 g/mol. The van der Waals surface area contributed by atoms with E-state index in [1.54, 1.807) is 6.07 Å². The Morgan fingerprint density at radius 2 is 1.54 bits per heavy atom. The molecule has 134 valence electrons. The molecule has 0 aromatic heterocycles. The summed E-state index contributed by atoms with van der Waals surface area (Å²) < 4.78 is 5.87. The zero-order valence-corrected chi connectivity index (χ0v) is 15.9. The maximum atomic E-state index is 6.04. The number of nitrogens with one attached hydrogen (secondary N) is 1. The molecule has 26 heavy (non-hydrogen) atoms. The first-order valence-electron chi connectivity index (χ1n) is 8.61. The lowest BCUT2D eigenvalue weighted by atomic mass is 10.1. The van der Waals surface area contributed by atoms with Crippen LogP contribution in [0.1, 0.15) is 16.7 Å². The molecule has 0 fully saturated rings. The van der Waals surface area contributed by atoms with Gasteiger partial charge < -0.3 is 10.1 Å². The maximum absolute atomic E-state index is 6.04. The summed E-state index contributed by atoms with van der Waals surface area (Å²) in [6, 6.07) is 24.2. The Kier molecular flexibility index (Phi) is 6.96. The first-order valence-corrected chi connectivity index (χ1v) is 9.36. The molecule has 0 aliphatic heterocycles. The van der Waals surface area contributed by atoms with Crippen molar-refractivity contribution in [1.29, 1.82) is 0 Å². The Morgan fingerprint density at radius 3 is 2.35 bits per heavy atom.